The Balaban J connectivity index is 1.45. The number of hydrogen-bond acceptors (Lipinski definition) is 5. The molecule has 1 aromatic carbocycles. The lowest BCUT2D eigenvalue weighted by Gasteiger charge is -2.37. The van der Waals surface area contributed by atoms with Gasteiger partial charge in [-0.2, -0.15) is 0 Å². The Labute approximate surface area is 178 Å². The van der Waals surface area contributed by atoms with Crippen molar-refractivity contribution in [2.75, 3.05) is 37.7 Å². The number of hydrogen-bond donors (Lipinski definition) is 1. The van der Waals surface area contributed by atoms with Crippen LogP contribution in [0.15, 0.2) is 18.2 Å². The molecule has 2 saturated heterocycles. The highest BCUT2D eigenvalue weighted by molar-refractivity contribution is 6.30. The number of nitrogens with one attached hydrogen (secondary N) is 1. The zero-order valence-corrected chi connectivity index (χ0v) is 18.2. The van der Waals surface area contributed by atoms with Crippen molar-refractivity contribution >= 4 is 17.3 Å². The van der Waals surface area contributed by atoms with Gasteiger partial charge in [0.05, 0.1) is 38.8 Å². The minimum absolute atomic E-state index is 0.247. The van der Waals surface area contributed by atoms with E-state index in [0.29, 0.717) is 6.04 Å². The van der Waals surface area contributed by atoms with Gasteiger partial charge in [-0.1, -0.05) is 31.0 Å². The molecular formula is C21H32ClN6O+. The fourth-order valence-electron chi connectivity index (χ4n) is 4.68. The van der Waals surface area contributed by atoms with Crippen molar-refractivity contribution < 1.29 is 9.64 Å². The summed E-state index contributed by atoms with van der Waals surface area (Å²) in [6.07, 6.45) is 4.70. The molecule has 0 unspecified atom stereocenters. The van der Waals surface area contributed by atoms with Crippen LogP contribution in [0.2, 0.25) is 5.02 Å². The maximum Gasteiger partial charge on any atom is 0.209 e. The lowest BCUT2D eigenvalue weighted by molar-refractivity contribution is -0.933. The minimum Gasteiger partial charge on any atom is -0.376 e. The summed E-state index contributed by atoms with van der Waals surface area (Å²) in [6, 6.07) is 6.50. The van der Waals surface area contributed by atoms with Crippen molar-refractivity contribution in [1.82, 2.24) is 20.2 Å². The van der Waals surface area contributed by atoms with Crippen LogP contribution in [0.1, 0.15) is 50.0 Å². The van der Waals surface area contributed by atoms with Crippen LogP contribution in [0.25, 0.3) is 0 Å². The number of ether oxygens (including phenoxy) is 1. The summed E-state index contributed by atoms with van der Waals surface area (Å²) in [4.78, 5) is 4.04. The highest BCUT2D eigenvalue weighted by Gasteiger charge is 2.33. The van der Waals surface area contributed by atoms with Crippen LogP contribution in [0.3, 0.4) is 0 Å². The van der Waals surface area contributed by atoms with Gasteiger partial charge in [-0.05, 0) is 47.9 Å². The second kappa shape index (κ2) is 9.41. The Morgan fingerprint density at radius 2 is 2.14 bits per heavy atom. The lowest BCUT2D eigenvalue weighted by atomic mass is 10.1. The van der Waals surface area contributed by atoms with E-state index in [2.05, 4.69) is 46.4 Å². The van der Waals surface area contributed by atoms with Crippen LogP contribution in [0, 0.1) is 6.92 Å². The molecule has 8 heteroatoms. The molecule has 0 saturated carbocycles. The summed E-state index contributed by atoms with van der Waals surface area (Å²) in [5.74, 6) is 1.02. The molecule has 0 bridgehead atoms. The van der Waals surface area contributed by atoms with Crippen LogP contribution in [0.5, 0.6) is 0 Å². The number of quaternary nitrogens is 1. The predicted molar refractivity (Wildman–Crippen MR) is 114 cm³/mol. The highest BCUT2D eigenvalue weighted by atomic mass is 35.5. The number of rotatable bonds is 7. The van der Waals surface area contributed by atoms with Gasteiger partial charge in [0.1, 0.15) is 6.04 Å². The van der Waals surface area contributed by atoms with Gasteiger partial charge in [-0.25, -0.2) is 4.68 Å². The molecule has 2 aliphatic heterocycles. The van der Waals surface area contributed by atoms with E-state index >= 15 is 0 Å². The number of benzene rings is 1. The minimum atomic E-state index is 0.247. The van der Waals surface area contributed by atoms with Gasteiger partial charge in [0.15, 0.2) is 0 Å². The molecule has 0 amide bonds. The van der Waals surface area contributed by atoms with E-state index in [-0.39, 0.29) is 6.10 Å². The number of aromatic nitrogens is 4. The van der Waals surface area contributed by atoms with E-state index in [9.17, 15) is 0 Å². The van der Waals surface area contributed by atoms with Crippen molar-refractivity contribution in [2.45, 2.75) is 58.2 Å². The SMILES string of the molecule is CCC[C@@H](c1nnnn1C[C@H]1CCCO1)[NH+]1CCN(c2cc(Cl)ccc2C)CC1. The van der Waals surface area contributed by atoms with Crippen LogP contribution in [-0.2, 0) is 11.3 Å². The Morgan fingerprint density at radius 1 is 1.31 bits per heavy atom. The van der Waals surface area contributed by atoms with Crippen molar-refractivity contribution in [3.63, 3.8) is 0 Å². The van der Waals surface area contributed by atoms with E-state index < -0.39 is 0 Å². The monoisotopic (exact) mass is 419 g/mol. The number of aryl methyl sites for hydroxylation is 1. The molecule has 3 heterocycles. The maximum absolute atomic E-state index is 6.24. The highest BCUT2D eigenvalue weighted by Crippen LogP contribution is 2.25. The van der Waals surface area contributed by atoms with Crippen LogP contribution < -0.4 is 9.80 Å². The van der Waals surface area contributed by atoms with Crippen LogP contribution >= 0.6 is 11.6 Å². The number of nitrogens with zero attached hydrogens (tertiary/aromatic N) is 5. The van der Waals surface area contributed by atoms with Crippen LogP contribution in [-0.4, -0.2) is 59.1 Å². The van der Waals surface area contributed by atoms with E-state index in [1.807, 2.05) is 10.7 Å². The number of piperazine rings is 1. The van der Waals surface area contributed by atoms with E-state index in [1.54, 1.807) is 4.90 Å². The van der Waals surface area contributed by atoms with Gasteiger partial charge >= 0.3 is 0 Å². The lowest BCUT2D eigenvalue weighted by Crippen LogP contribution is -3.15. The third-order valence-electron chi connectivity index (χ3n) is 6.26. The molecule has 0 spiro atoms. The van der Waals surface area contributed by atoms with Crippen molar-refractivity contribution in [2.24, 2.45) is 0 Å². The standard InChI is InChI=1S/C21H31ClN6O/c1-3-5-19(21-23-24-25-28(21)15-18-6-4-13-29-18)26-9-11-27(12-10-26)20-14-17(22)8-7-16(20)2/h7-8,14,18-19H,3-6,9-13,15H2,1-2H3/p+1/t18-,19+/m1/s1. The first kappa shape index (κ1) is 20.6. The van der Waals surface area contributed by atoms with E-state index in [1.165, 1.54) is 11.3 Å². The number of tetrazole rings is 1. The van der Waals surface area contributed by atoms with Crippen LogP contribution in [0.4, 0.5) is 5.69 Å². The maximum atomic E-state index is 6.24. The summed E-state index contributed by atoms with van der Waals surface area (Å²) in [6.45, 7) is 10.2. The normalized spacial score (nSPS) is 21.6. The average Bonchev–Trinajstić information content (AvgIpc) is 3.41. The third-order valence-corrected chi connectivity index (χ3v) is 6.49. The molecule has 1 N–H and O–H groups in total. The van der Waals surface area contributed by atoms with Gasteiger partial charge in [-0.15, -0.1) is 5.10 Å². The third kappa shape index (κ3) is 4.73. The largest absolute Gasteiger partial charge is 0.376 e. The van der Waals surface area contributed by atoms with Gasteiger partial charge < -0.3 is 14.5 Å². The Morgan fingerprint density at radius 3 is 2.86 bits per heavy atom. The van der Waals surface area contributed by atoms with E-state index in [4.69, 9.17) is 16.3 Å². The van der Waals surface area contributed by atoms with Crippen molar-refractivity contribution in [1.29, 1.82) is 0 Å². The molecular weight excluding hydrogens is 388 g/mol. The first-order valence-electron chi connectivity index (χ1n) is 10.9. The fourth-order valence-corrected chi connectivity index (χ4v) is 4.85. The summed E-state index contributed by atoms with van der Waals surface area (Å²) in [7, 11) is 0. The first-order chi connectivity index (χ1) is 14.2. The van der Waals surface area contributed by atoms with Gasteiger partial charge in [0.25, 0.3) is 0 Å². The Kier molecular flexibility index (Phi) is 6.67. The molecule has 2 fully saturated rings. The first-order valence-corrected chi connectivity index (χ1v) is 11.3. The zero-order valence-electron chi connectivity index (χ0n) is 17.5. The average molecular weight is 420 g/mol. The topological polar surface area (TPSA) is 60.5 Å². The Hall–Kier alpha value is -1.70. The predicted octanol–water partition coefficient (Wildman–Crippen LogP) is 2.06. The second-order valence-corrected chi connectivity index (χ2v) is 8.71. The molecule has 2 atom stereocenters. The van der Waals surface area contributed by atoms with Gasteiger partial charge in [0, 0.05) is 23.7 Å². The molecule has 158 valence electrons. The molecule has 0 radical (unpaired) electrons. The summed E-state index contributed by atoms with van der Waals surface area (Å²) in [5.41, 5.74) is 2.54. The molecule has 7 nitrogen and oxygen atoms in total. The Bertz CT molecular complexity index is 798. The number of anilines is 1. The molecule has 2 aliphatic rings. The van der Waals surface area contributed by atoms with E-state index in [0.717, 1.165) is 75.9 Å². The summed E-state index contributed by atoms with van der Waals surface area (Å²) < 4.78 is 7.81. The van der Waals surface area contributed by atoms with Crippen molar-refractivity contribution in [3.8, 4) is 0 Å². The number of halogens is 1. The molecule has 4 rings (SSSR count). The second-order valence-electron chi connectivity index (χ2n) is 8.27. The smallest absolute Gasteiger partial charge is 0.209 e. The molecule has 2 aromatic rings. The quantitative estimate of drug-likeness (QED) is 0.744. The fraction of sp³-hybridized carbons (Fsp3) is 0.667. The summed E-state index contributed by atoms with van der Waals surface area (Å²) >= 11 is 6.24. The molecule has 1 aromatic heterocycles. The van der Waals surface area contributed by atoms with Crippen molar-refractivity contribution in [3.05, 3.63) is 34.6 Å². The van der Waals surface area contributed by atoms with Gasteiger partial charge in [0.2, 0.25) is 5.82 Å². The molecule has 29 heavy (non-hydrogen) atoms. The van der Waals surface area contributed by atoms with Gasteiger partial charge in [-0.3, -0.25) is 0 Å². The zero-order chi connectivity index (χ0) is 20.2. The molecule has 0 aliphatic carbocycles. The summed E-state index contributed by atoms with van der Waals surface area (Å²) in [5, 5.41) is 13.6.